The van der Waals surface area contributed by atoms with E-state index in [1.54, 1.807) is 19.0 Å². The molecule has 1 aromatic carbocycles. The first-order chi connectivity index (χ1) is 15.0. The van der Waals surface area contributed by atoms with E-state index in [9.17, 15) is 4.79 Å². The van der Waals surface area contributed by atoms with Crippen LogP contribution in [0.5, 0.6) is 0 Å². The number of guanidine groups is 1. The molecule has 2 heterocycles. The summed E-state index contributed by atoms with van der Waals surface area (Å²) < 4.78 is 1.88. The highest BCUT2D eigenvalue weighted by molar-refractivity contribution is 14.0. The summed E-state index contributed by atoms with van der Waals surface area (Å²) in [6.07, 6.45) is 4.38. The minimum absolute atomic E-state index is 0. The molecule has 32 heavy (non-hydrogen) atoms. The molecule has 0 saturated carbocycles. The predicted octanol–water partition coefficient (Wildman–Crippen LogP) is 2.41. The number of hydrogen-bond donors (Lipinski definition) is 2. The maximum Gasteiger partial charge on any atom is 0.241 e. The van der Waals surface area contributed by atoms with Gasteiger partial charge in [0.2, 0.25) is 5.91 Å². The number of para-hydroxylation sites is 1. The summed E-state index contributed by atoms with van der Waals surface area (Å²) in [6.45, 7) is 7.91. The summed E-state index contributed by atoms with van der Waals surface area (Å²) in [5.74, 6) is 0.669. The van der Waals surface area contributed by atoms with Crippen LogP contribution in [0.25, 0.3) is 5.69 Å². The second-order valence-corrected chi connectivity index (χ2v) is 8.14. The topological polar surface area (TPSA) is 77.8 Å². The molecule has 9 heteroatoms. The molecule has 0 radical (unpaired) electrons. The Kier molecular flexibility index (Phi) is 10.4. The molecule has 2 N–H and O–H groups in total. The van der Waals surface area contributed by atoms with Crippen molar-refractivity contribution in [3.8, 4) is 5.69 Å². The van der Waals surface area contributed by atoms with Crippen LogP contribution < -0.4 is 10.6 Å². The van der Waals surface area contributed by atoms with E-state index >= 15 is 0 Å². The Morgan fingerprint density at radius 3 is 2.72 bits per heavy atom. The number of carbonyl (C=O) groups is 1. The number of amides is 1. The average molecular weight is 553 g/mol. The number of hydrogen-bond acceptors (Lipinski definition) is 4. The van der Waals surface area contributed by atoms with Crippen LogP contribution in [-0.4, -0.2) is 77.8 Å². The predicted molar refractivity (Wildman–Crippen MR) is 140 cm³/mol. The molecule has 1 saturated heterocycles. The Bertz CT molecular complexity index is 896. The van der Waals surface area contributed by atoms with Crippen molar-refractivity contribution in [2.45, 2.75) is 39.3 Å². The minimum atomic E-state index is 0. The molecule has 1 aliphatic heterocycles. The van der Waals surface area contributed by atoms with Crippen molar-refractivity contribution in [1.29, 1.82) is 0 Å². The Hall–Kier alpha value is -2.14. The summed E-state index contributed by atoms with van der Waals surface area (Å²) in [5, 5.41) is 11.2. The van der Waals surface area contributed by atoms with E-state index in [1.807, 2.05) is 42.1 Å². The molecular formula is C23H36IN7O. The van der Waals surface area contributed by atoms with E-state index in [2.05, 4.69) is 33.6 Å². The number of halogens is 1. The number of aliphatic imine (C=N–C) groups is 1. The van der Waals surface area contributed by atoms with Gasteiger partial charge in [0.1, 0.15) is 0 Å². The van der Waals surface area contributed by atoms with Gasteiger partial charge in [0, 0.05) is 32.9 Å². The summed E-state index contributed by atoms with van der Waals surface area (Å²) in [5.41, 5.74) is 3.05. The monoisotopic (exact) mass is 553 g/mol. The van der Waals surface area contributed by atoms with Crippen molar-refractivity contribution in [2.24, 2.45) is 4.99 Å². The Balaban J connectivity index is 0.00000363. The number of rotatable bonds is 8. The molecule has 0 aliphatic carbocycles. The summed E-state index contributed by atoms with van der Waals surface area (Å²) in [6, 6.07) is 10.6. The molecule has 1 aromatic heterocycles. The zero-order chi connectivity index (χ0) is 22.2. The third-order valence-electron chi connectivity index (χ3n) is 5.68. The number of carbonyl (C=O) groups excluding carboxylic acids is 1. The fourth-order valence-electron chi connectivity index (χ4n) is 3.83. The van der Waals surface area contributed by atoms with Gasteiger partial charge >= 0.3 is 0 Å². The largest absolute Gasteiger partial charge is 0.355 e. The van der Waals surface area contributed by atoms with Crippen LogP contribution in [0, 0.1) is 6.92 Å². The molecule has 1 unspecified atom stereocenters. The van der Waals surface area contributed by atoms with Gasteiger partial charge in [-0.3, -0.25) is 9.69 Å². The number of likely N-dealkylation sites (N-methyl/N-ethyl adjacent to an activating group) is 2. The van der Waals surface area contributed by atoms with Crippen molar-refractivity contribution in [1.82, 2.24) is 30.2 Å². The van der Waals surface area contributed by atoms with Gasteiger partial charge in [-0.1, -0.05) is 25.1 Å². The van der Waals surface area contributed by atoms with Crippen LogP contribution in [0.1, 0.15) is 31.0 Å². The highest BCUT2D eigenvalue weighted by Crippen LogP contribution is 2.16. The molecule has 0 spiro atoms. The lowest BCUT2D eigenvalue weighted by Gasteiger charge is -2.24. The van der Waals surface area contributed by atoms with E-state index in [0.29, 0.717) is 18.5 Å². The molecule has 0 bridgehead atoms. The van der Waals surface area contributed by atoms with Gasteiger partial charge in [0.05, 0.1) is 24.5 Å². The molecule has 1 fully saturated rings. The van der Waals surface area contributed by atoms with Crippen LogP contribution >= 0.6 is 24.0 Å². The SMILES string of the molecule is CCN1CCCC1CNC(=NCc1ccccc1-n1ccc(C)n1)NCC(=O)N(C)C.I. The van der Waals surface area contributed by atoms with Gasteiger partial charge in [-0.15, -0.1) is 24.0 Å². The van der Waals surface area contributed by atoms with Crippen molar-refractivity contribution in [3.05, 3.63) is 47.8 Å². The number of nitrogens with one attached hydrogen (secondary N) is 2. The fraction of sp³-hybridized carbons (Fsp3) is 0.522. The number of benzene rings is 1. The van der Waals surface area contributed by atoms with E-state index < -0.39 is 0 Å². The summed E-state index contributed by atoms with van der Waals surface area (Å²) in [7, 11) is 3.52. The van der Waals surface area contributed by atoms with Gasteiger partial charge in [-0.2, -0.15) is 5.10 Å². The first kappa shape index (κ1) is 26.1. The summed E-state index contributed by atoms with van der Waals surface area (Å²) >= 11 is 0. The van der Waals surface area contributed by atoms with E-state index in [-0.39, 0.29) is 36.4 Å². The average Bonchev–Trinajstić information content (AvgIpc) is 3.41. The maximum atomic E-state index is 12.1. The van der Waals surface area contributed by atoms with Gasteiger partial charge in [0.25, 0.3) is 0 Å². The van der Waals surface area contributed by atoms with Crippen LogP contribution in [0.3, 0.4) is 0 Å². The van der Waals surface area contributed by atoms with Crippen LogP contribution in [0.2, 0.25) is 0 Å². The number of aryl methyl sites for hydroxylation is 1. The zero-order valence-corrected chi connectivity index (χ0v) is 21.9. The van der Waals surface area contributed by atoms with Crippen LogP contribution in [0.4, 0.5) is 0 Å². The third kappa shape index (κ3) is 7.19. The van der Waals surface area contributed by atoms with Gasteiger partial charge in [0.15, 0.2) is 5.96 Å². The van der Waals surface area contributed by atoms with Crippen molar-refractivity contribution < 1.29 is 4.79 Å². The molecule has 1 atom stereocenters. The van der Waals surface area contributed by atoms with Crippen LogP contribution in [0.15, 0.2) is 41.5 Å². The maximum absolute atomic E-state index is 12.1. The second-order valence-electron chi connectivity index (χ2n) is 8.14. The first-order valence-electron chi connectivity index (χ1n) is 11.0. The zero-order valence-electron chi connectivity index (χ0n) is 19.5. The molecule has 176 valence electrons. The van der Waals surface area contributed by atoms with Crippen molar-refractivity contribution in [2.75, 3.05) is 40.3 Å². The van der Waals surface area contributed by atoms with Gasteiger partial charge < -0.3 is 15.5 Å². The molecule has 3 rings (SSSR count). The standard InChI is InChI=1S/C23H35N7O.HI/c1-5-29-13-8-10-20(29)16-25-23(26-17-22(31)28(3)4)24-15-19-9-6-7-11-21(19)30-14-12-18(2)27-30;/h6-7,9,11-12,14,20H,5,8,10,13,15-17H2,1-4H3,(H2,24,25,26);1H. The van der Waals surface area contributed by atoms with E-state index in [1.165, 1.54) is 12.8 Å². The fourth-order valence-corrected chi connectivity index (χ4v) is 3.83. The molecular weight excluding hydrogens is 517 g/mol. The Morgan fingerprint density at radius 2 is 2.03 bits per heavy atom. The van der Waals surface area contributed by atoms with Gasteiger partial charge in [-0.05, 0) is 50.6 Å². The Morgan fingerprint density at radius 1 is 1.25 bits per heavy atom. The molecule has 2 aromatic rings. The molecule has 1 aliphatic rings. The normalized spacial score (nSPS) is 16.5. The van der Waals surface area contributed by atoms with Crippen molar-refractivity contribution in [3.63, 3.8) is 0 Å². The number of aromatic nitrogens is 2. The third-order valence-corrected chi connectivity index (χ3v) is 5.68. The van der Waals surface area contributed by atoms with Crippen molar-refractivity contribution >= 4 is 35.8 Å². The lowest BCUT2D eigenvalue weighted by molar-refractivity contribution is -0.127. The lowest BCUT2D eigenvalue weighted by atomic mass is 10.2. The summed E-state index contributed by atoms with van der Waals surface area (Å²) in [4.78, 5) is 20.9. The Labute approximate surface area is 208 Å². The van der Waals surface area contributed by atoms with E-state index in [0.717, 1.165) is 36.6 Å². The highest BCUT2D eigenvalue weighted by Gasteiger charge is 2.23. The first-order valence-corrected chi connectivity index (χ1v) is 11.0. The molecule has 1 amide bonds. The van der Waals surface area contributed by atoms with E-state index in [4.69, 9.17) is 4.99 Å². The lowest BCUT2D eigenvalue weighted by Crippen LogP contribution is -2.47. The minimum Gasteiger partial charge on any atom is -0.355 e. The van der Waals surface area contributed by atoms with Crippen LogP contribution in [-0.2, 0) is 11.3 Å². The second kappa shape index (κ2) is 12.8. The number of nitrogens with zero attached hydrogens (tertiary/aromatic N) is 5. The number of likely N-dealkylation sites (tertiary alicyclic amines) is 1. The smallest absolute Gasteiger partial charge is 0.241 e. The molecule has 8 nitrogen and oxygen atoms in total. The quantitative estimate of drug-likeness (QED) is 0.299. The van der Waals surface area contributed by atoms with Gasteiger partial charge in [-0.25, -0.2) is 9.67 Å². The highest BCUT2D eigenvalue weighted by atomic mass is 127.